The minimum Gasteiger partial charge on any atom is -0.378 e. The van der Waals surface area contributed by atoms with E-state index in [0.29, 0.717) is 0 Å². The normalized spacial score (nSPS) is 14.2. The molecule has 7 heteroatoms. The quantitative estimate of drug-likeness (QED) is 0.841. The van der Waals surface area contributed by atoms with Crippen LogP contribution in [0, 0.1) is 0 Å². The Morgan fingerprint density at radius 2 is 1.88 bits per heavy atom. The molecule has 0 bridgehead atoms. The van der Waals surface area contributed by atoms with Gasteiger partial charge >= 0.3 is 0 Å². The summed E-state index contributed by atoms with van der Waals surface area (Å²) in [6.45, 7) is -0.143. The third-order valence-corrected chi connectivity index (χ3v) is 3.19. The third kappa shape index (κ3) is 3.45. The fourth-order valence-corrected chi connectivity index (χ4v) is 1.55. The molecular formula is C10H9Cl3FNO2. The van der Waals surface area contributed by atoms with Gasteiger partial charge in [-0.25, -0.2) is 4.39 Å². The van der Waals surface area contributed by atoms with Crippen molar-refractivity contribution in [3.63, 3.8) is 0 Å². The summed E-state index contributed by atoms with van der Waals surface area (Å²) in [6, 6.07) is 2.70. The summed E-state index contributed by atoms with van der Waals surface area (Å²) in [5.41, 5.74) is -1.87. The Labute approximate surface area is 112 Å². The molecule has 1 unspecified atom stereocenters. The zero-order valence-corrected chi connectivity index (χ0v) is 11.0. The molecule has 1 rings (SSSR count). The van der Waals surface area contributed by atoms with Crippen LogP contribution < -0.4 is 5.32 Å². The van der Waals surface area contributed by atoms with E-state index in [1.165, 1.54) is 12.1 Å². The predicted octanol–water partition coefficient (Wildman–Crippen LogP) is 3.31. The van der Waals surface area contributed by atoms with Crippen LogP contribution in [0.15, 0.2) is 12.1 Å². The van der Waals surface area contributed by atoms with Crippen molar-refractivity contribution in [2.75, 3.05) is 12.0 Å². The van der Waals surface area contributed by atoms with Crippen LogP contribution >= 0.6 is 34.8 Å². The van der Waals surface area contributed by atoms with Gasteiger partial charge < -0.3 is 10.4 Å². The first-order chi connectivity index (χ1) is 7.77. The lowest BCUT2D eigenvalue weighted by molar-refractivity contribution is -0.133. The maximum Gasteiger partial charge on any atom is 0.258 e. The SMILES string of the molecule is CC(O)(CF)C(=O)Nc1cc(Cl)c(Cl)c(Cl)c1. The summed E-state index contributed by atoms with van der Waals surface area (Å²) in [4.78, 5) is 11.5. The van der Waals surface area contributed by atoms with Crippen LogP contribution in [0.3, 0.4) is 0 Å². The van der Waals surface area contributed by atoms with Crippen molar-refractivity contribution in [3.8, 4) is 0 Å². The van der Waals surface area contributed by atoms with E-state index in [1.54, 1.807) is 0 Å². The van der Waals surface area contributed by atoms with E-state index in [2.05, 4.69) is 5.32 Å². The summed E-state index contributed by atoms with van der Waals surface area (Å²) in [5, 5.41) is 12.1. The molecule has 0 spiro atoms. The third-order valence-electron chi connectivity index (χ3n) is 1.99. The molecule has 0 aliphatic carbocycles. The van der Waals surface area contributed by atoms with E-state index in [4.69, 9.17) is 34.8 Å². The number of alkyl halides is 1. The number of carbonyl (C=O) groups is 1. The van der Waals surface area contributed by atoms with E-state index >= 15 is 0 Å². The lowest BCUT2D eigenvalue weighted by atomic mass is 10.1. The van der Waals surface area contributed by atoms with Crippen LogP contribution in [0.2, 0.25) is 15.1 Å². The number of anilines is 1. The molecule has 0 aliphatic rings. The highest BCUT2D eigenvalue weighted by molar-refractivity contribution is 6.48. The standard InChI is InChI=1S/C10H9Cl3FNO2/c1-10(17,4-14)9(16)15-5-2-6(11)8(13)7(12)3-5/h2-3,17H,4H2,1H3,(H,15,16). The van der Waals surface area contributed by atoms with Crippen molar-refractivity contribution >= 4 is 46.4 Å². The lowest BCUT2D eigenvalue weighted by Gasteiger charge is -2.18. The number of amides is 1. The van der Waals surface area contributed by atoms with Crippen molar-refractivity contribution in [1.29, 1.82) is 0 Å². The van der Waals surface area contributed by atoms with E-state index in [0.717, 1.165) is 6.92 Å². The number of hydrogen-bond donors (Lipinski definition) is 2. The molecule has 0 saturated carbocycles. The van der Waals surface area contributed by atoms with Gasteiger partial charge in [0.15, 0.2) is 5.60 Å². The summed E-state index contributed by atoms with van der Waals surface area (Å²) >= 11 is 17.2. The highest BCUT2D eigenvalue weighted by atomic mass is 35.5. The largest absolute Gasteiger partial charge is 0.378 e. The summed E-state index contributed by atoms with van der Waals surface area (Å²) < 4.78 is 12.4. The highest BCUT2D eigenvalue weighted by Gasteiger charge is 2.30. The van der Waals surface area contributed by atoms with Gasteiger partial charge in [0, 0.05) is 5.69 Å². The van der Waals surface area contributed by atoms with Crippen molar-refractivity contribution in [2.24, 2.45) is 0 Å². The minimum absolute atomic E-state index is 0.148. The van der Waals surface area contributed by atoms with Gasteiger partial charge in [-0.15, -0.1) is 0 Å². The second kappa shape index (κ2) is 5.40. The Morgan fingerprint density at radius 3 is 2.29 bits per heavy atom. The van der Waals surface area contributed by atoms with Crippen LogP contribution in [0.5, 0.6) is 0 Å². The zero-order valence-electron chi connectivity index (χ0n) is 8.73. The fraction of sp³-hybridized carbons (Fsp3) is 0.300. The molecule has 1 aromatic carbocycles. The van der Waals surface area contributed by atoms with Gasteiger partial charge in [0.1, 0.15) is 6.67 Å². The monoisotopic (exact) mass is 299 g/mol. The van der Waals surface area contributed by atoms with Gasteiger partial charge in [-0.2, -0.15) is 0 Å². The molecular weight excluding hydrogens is 291 g/mol. The fourth-order valence-electron chi connectivity index (χ4n) is 0.954. The van der Waals surface area contributed by atoms with E-state index in [9.17, 15) is 14.3 Å². The minimum atomic E-state index is -2.10. The first-order valence-corrected chi connectivity index (χ1v) is 5.65. The molecule has 17 heavy (non-hydrogen) atoms. The van der Waals surface area contributed by atoms with Crippen LogP contribution in [-0.2, 0) is 4.79 Å². The predicted molar refractivity (Wildman–Crippen MR) is 66.7 cm³/mol. The Balaban J connectivity index is 2.94. The molecule has 0 saturated heterocycles. The van der Waals surface area contributed by atoms with Gasteiger partial charge in [-0.3, -0.25) is 4.79 Å². The van der Waals surface area contributed by atoms with Gasteiger partial charge in [-0.05, 0) is 19.1 Å². The first-order valence-electron chi connectivity index (χ1n) is 4.52. The second-order valence-corrected chi connectivity index (χ2v) is 4.81. The maximum absolute atomic E-state index is 12.4. The highest BCUT2D eigenvalue weighted by Crippen LogP contribution is 2.33. The maximum atomic E-state index is 12.4. The van der Waals surface area contributed by atoms with Gasteiger partial charge in [0.2, 0.25) is 0 Å². The Morgan fingerprint density at radius 1 is 1.41 bits per heavy atom. The molecule has 2 N–H and O–H groups in total. The molecule has 0 heterocycles. The van der Waals surface area contributed by atoms with Crippen LogP contribution in [-0.4, -0.2) is 23.3 Å². The van der Waals surface area contributed by atoms with Gasteiger partial charge in [0.25, 0.3) is 5.91 Å². The first kappa shape index (κ1) is 14.5. The molecule has 0 aliphatic heterocycles. The van der Waals surface area contributed by atoms with Gasteiger partial charge in [0.05, 0.1) is 15.1 Å². The number of carbonyl (C=O) groups excluding carboxylic acids is 1. The zero-order chi connectivity index (χ0) is 13.2. The molecule has 1 aromatic rings. The average Bonchev–Trinajstić information content (AvgIpc) is 2.25. The van der Waals surface area contributed by atoms with Crippen LogP contribution in [0.4, 0.5) is 10.1 Å². The number of hydrogen-bond acceptors (Lipinski definition) is 2. The summed E-state index contributed by atoms with van der Waals surface area (Å²) in [5.74, 6) is -0.894. The van der Waals surface area contributed by atoms with Crippen molar-refractivity contribution in [1.82, 2.24) is 0 Å². The smallest absolute Gasteiger partial charge is 0.258 e. The summed E-state index contributed by atoms with van der Waals surface area (Å²) in [7, 11) is 0. The molecule has 0 radical (unpaired) electrons. The Hall–Kier alpha value is -0.550. The number of benzene rings is 1. The van der Waals surface area contributed by atoms with E-state index in [1.807, 2.05) is 0 Å². The van der Waals surface area contributed by atoms with Crippen LogP contribution in [0.25, 0.3) is 0 Å². The van der Waals surface area contributed by atoms with Crippen molar-refractivity contribution in [3.05, 3.63) is 27.2 Å². The van der Waals surface area contributed by atoms with E-state index in [-0.39, 0.29) is 20.8 Å². The number of aliphatic hydroxyl groups is 1. The molecule has 3 nitrogen and oxygen atoms in total. The topological polar surface area (TPSA) is 49.3 Å². The second-order valence-electron chi connectivity index (χ2n) is 3.62. The summed E-state index contributed by atoms with van der Waals surface area (Å²) in [6.07, 6.45) is 0. The van der Waals surface area contributed by atoms with Crippen LogP contribution in [0.1, 0.15) is 6.92 Å². The molecule has 94 valence electrons. The van der Waals surface area contributed by atoms with Crippen molar-refractivity contribution < 1.29 is 14.3 Å². The number of rotatable bonds is 3. The molecule has 1 atom stereocenters. The Kier molecular flexibility index (Phi) is 4.61. The molecule has 0 fully saturated rings. The van der Waals surface area contributed by atoms with Gasteiger partial charge in [-0.1, -0.05) is 34.8 Å². The van der Waals surface area contributed by atoms with E-state index < -0.39 is 18.2 Å². The molecule has 1 amide bonds. The number of nitrogens with one attached hydrogen (secondary N) is 1. The van der Waals surface area contributed by atoms with Crippen molar-refractivity contribution in [2.45, 2.75) is 12.5 Å². The molecule has 0 aromatic heterocycles. The Bertz CT molecular complexity index is 428. The average molecular weight is 301 g/mol. The lowest BCUT2D eigenvalue weighted by Crippen LogP contribution is -2.41. The number of halogens is 4.